The minimum absolute atomic E-state index is 0.0432. The van der Waals surface area contributed by atoms with Gasteiger partial charge in [-0.3, -0.25) is 9.59 Å². The predicted molar refractivity (Wildman–Crippen MR) is 78.4 cm³/mol. The fourth-order valence-corrected chi connectivity index (χ4v) is 2.51. The average Bonchev–Trinajstić information content (AvgIpc) is 2.45. The van der Waals surface area contributed by atoms with Crippen LogP contribution in [0, 0.1) is 0 Å². The van der Waals surface area contributed by atoms with Gasteiger partial charge in [0.1, 0.15) is 6.04 Å². The molecule has 1 saturated heterocycles. The van der Waals surface area contributed by atoms with Gasteiger partial charge < -0.3 is 10.2 Å². The number of carbonyl (C=O) groups excluding carboxylic acids is 2. The molecule has 20 heavy (non-hydrogen) atoms. The van der Waals surface area contributed by atoms with Crippen LogP contribution in [0.3, 0.4) is 0 Å². The van der Waals surface area contributed by atoms with Crippen molar-refractivity contribution in [1.29, 1.82) is 0 Å². The lowest BCUT2D eigenvalue weighted by atomic mass is 10.0. The highest BCUT2D eigenvalue weighted by Crippen LogP contribution is 2.25. The molecule has 0 spiro atoms. The largest absolute Gasteiger partial charge is 0.352 e. The van der Waals surface area contributed by atoms with Crippen molar-refractivity contribution in [3.8, 4) is 0 Å². The Labute approximate surface area is 124 Å². The van der Waals surface area contributed by atoms with Crippen LogP contribution in [0.2, 0.25) is 5.02 Å². The number of halogens is 1. The zero-order valence-electron chi connectivity index (χ0n) is 11.6. The van der Waals surface area contributed by atoms with Gasteiger partial charge in [0.25, 0.3) is 0 Å². The Morgan fingerprint density at radius 2 is 2.10 bits per heavy atom. The number of nitrogens with zero attached hydrogens (tertiary/aromatic N) is 1. The summed E-state index contributed by atoms with van der Waals surface area (Å²) in [4.78, 5) is 26.1. The van der Waals surface area contributed by atoms with Crippen LogP contribution in [0.25, 0.3) is 0 Å². The van der Waals surface area contributed by atoms with Crippen molar-refractivity contribution < 1.29 is 9.59 Å². The second-order valence-electron chi connectivity index (χ2n) is 4.94. The van der Waals surface area contributed by atoms with Crippen molar-refractivity contribution in [3.05, 3.63) is 34.9 Å². The van der Waals surface area contributed by atoms with E-state index in [1.165, 1.54) is 0 Å². The van der Waals surface area contributed by atoms with Crippen molar-refractivity contribution >= 4 is 23.4 Å². The topological polar surface area (TPSA) is 49.4 Å². The summed E-state index contributed by atoms with van der Waals surface area (Å²) in [5.74, 6) is -0.0786. The summed E-state index contributed by atoms with van der Waals surface area (Å²) < 4.78 is 0. The van der Waals surface area contributed by atoms with Crippen molar-refractivity contribution in [1.82, 2.24) is 10.2 Å². The first kappa shape index (κ1) is 14.9. The first-order valence-electron chi connectivity index (χ1n) is 6.96. The van der Waals surface area contributed by atoms with E-state index in [1.807, 2.05) is 6.92 Å². The molecule has 1 heterocycles. The highest BCUT2D eigenvalue weighted by atomic mass is 35.5. The average molecular weight is 295 g/mol. The molecule has 5 heteroatoms. The molecule has 0 radical (unpaired) electrons. The number of amides is 2. The Morgan fingerprint density at radius 3 is 2.75 bits per heavy atom. The molecule has 108 valence electrons. The summed E-state index contributed by atoms with van der Waals surface area (Å²) in [7, 11) is 0. The normalized spacial score (nSPS) is 18.8. The Bertz CT molecular complexity index is 487. The van der Waals surface area contributed by atoms with Crippen molar-refractivity contribution in [2.45, 2.75) is 32.2 Å². The van der Waals surface area contributed by atoms with Crippen molar-refractivity contribution in [3.63, 3.8) is 0 Å². The number of hydrogen-bond donors (Lipinski definition) is 1. The Hall–Kier alpha value is -1.55. The van der Waals surface area contributed by atoms with Crippen molar-refractivity contribution in [2.24, 2.45) is 0 Å². The van der Waals surface area contributed by atoms with Gasteiger partial charge in [0.15, 0.2) is 0 Å². The molecule has 1 N–H and O–H groups in total. The van der Waals surface area contributed by atoms with E-state index in [-0.39, 0.29) is 11.8 Å². The van der Waals surface area contributed by atoms with Gasteiger partial charge >= 0.3 is 0 Å². The molecular weight excluding hydrogens is 276 g/mol. The SMILES string of the molecule is CCCCC(=O)N1CCNC(=O)C1c1ccc(Cl)cc1. The molecule has 1 atom stereocenters. The molecule has 1 fully saturated rings. The fourth-order valence-electron chi connectivity index (χ4n) is 2.38. The number of benzene rings is 1. The second kappa shape index (κ2) is 6.75. The first-order chi connectivity index (χ1) is 9.63. The maximum Gasteiger partial charge on any atom is 0.247 e. The number of unbranched alkanes of at least 4 members (excludes halogenated alkanes) is 1. The summed E-state index contributed by atoms with van der Waals surface area (Å²) in [5, 5.41) is 3.44. The lowest BCUT2D eigenvalue weighted by Gasteiger charge is -2.35. The Balaban J connectivity index is 2.22. The van der Waals surface area contributed by atoms with Gasteiger partial charge in [-0.15, -0.1) is 0 Å². The standard InChI is InChI=1S/C15H19ClN2O2/c1-2-3-4-13(19)18-10-9-17-15(20)14(18)11-5-7-12(16)8-6-11/h5-8,14H,2-4,9-10H2,1H3,(H,17,20). The molecule has 1 aromatic rings. The third-order valence-electron chi connectivity index (χ3n) is 3.46. The predicted octanol–water partition coefficient (Wildman–Crippen LogP) is 2.53. The van der Waals surface area contributed by atoms with Crippen LogP contribution in [0.1, 0.15) is 37.8 Å². The van der Waals surface area contributed by atoms with Crippen LogP contribution >= 0.6 is 11.6 Å². The van der Waals surface area contributed by atoms with Crippen LogP contribution in [0.15, 0.2) is 24.3 Å². The van der Waals surface area contributed by atoms with Gasteiger partial charge in [0, 0.05) is 24.5 Å². The summed E-state index contributed by atoms with van der Waals surface area (Å²) in [5.41, 5.74) is 0.802. The lowest BCUT2D eigenvalue weighted by molar-refractivity contribution is -0.143. The fraction of sp³-hybridized carbons (Fsp3) is 0.467. The smallest absolute Gasteiger partial charge is 0.247 e. The monoisotopic (exact) mass is 294 g/mol. The molecule has 0 aromatic heterocycles. The van der Waals surface area contributed by atoms with E-state index in [1.54, 1.807) is 29.2 Å². The number of nitrogens with one attached hydrogen (secondary N) is 1. The van der Waals surface area contributed by atoms with Crippen LogP contribution < -0.4 is 5.32 Å². The summed E-state index contributed by atoms with van der Waals surface area (Å²) >= 11 is 5.87. The summed E-state index contributed by atoms with van der Waals surface area (Å²) in [6.07, 6.45) is 2.32. The highest BCUT2D eigenvalue weighted by Gasteiger charge is 2.33. The molecule has 0 bridgehead atoms. The molecule has 4 nitrogen and oxygen atoms in total. The van der Waals surface area contributed by atoms with E-state index in [4.69, 9.17) is 11.6 Å². The molecule has 0 aliphatic carbocycles. The highest BCUT2D eigenvalue weighted by molar-refractivity contribution is 6.30. The number of rotatable bonds is 4. The van der Waals surface area contributed by atoms with Crippen LogP contribution in [-0.2, 0) is 9.59 Å². The summed E-state index contributed by atoms with van der Waals surface area (Å²) in [6, 6.07) is 6.56. The molecule has 2 amide bonds. The lowest BCUT2D eigenvalue weighted by Crippen LogP contribution is -2.52. The zero-order valence-corrected chi connectivity index (χ0v) is 12.3. The Kier molecular flexibility index (Phi) is 5.01. The van der Waals surface area contributed by atoms with Gasteiger partial charge in [-0.05, 0) is 24.1 Å². The van der Waals surface area contributed by atoms with Crippen molar-refractivity contribution in [2.75, 3.05) is 13.1 Å². The van der Waals surface area contributed by atoms with E-state index >= 15 is 0 Å². The molecule has 1 unspecified atom stereocenters. The minimum Gasteiger partial charge on any atom is -0.352 e. The molecule has 2 rings (SSSR count). The van der Waals surface area contributed by atoms with Gasteiger partial charge in [0.2, 0.25) is 11.8 Å². The minimum atomic E-state index is -0.537. The molecule has 1 aliphatic heterocycles. The van der Waals surface area contributed by atoms with Gasteiger partial charge in [-0.25, -0.2) is 0 Å². The zero-order chi connectivity index (χ0) is 14.5. The third-order valence-corrected chi connectivity index (χ3v) is 3.71. The van der Waals surface area contributed by atoms with Crippen LogP contribution in [0.4, 0.5) is 0 Å². The molecule has 0 saturated carbocycles. The van der Waals surface area contributed by atoms with Gasteiger partial charge in [0.05, 0.1) is 0 Å². The molecule has 1 aliphatic rings. The number of hydrogen-bond acceptors (Lipinski definition) is 2. The van der Waals surface area contributed by atoms with Crippen LogP contribution in [-0.4, -0.2) is 29.8 Å². The van der Waals surface area contributed by atoms with E-state index in [9.17, 15) is 9.59 Å². The van der Waals surface area contributed by atoms with E-state index in [0.29, 0.717) is 24.5 Å². The van der Waals surface area contributed by atoms with Gasteiger partial charge in [-0.2, -0.15) is 0 Å². The number of carbonyl (C=O) groups is 2. The Morgan fingerprint density at radius 1 is 1.40 bits per heavy atom. The molecular formula is C15H19ClN2O2. The first-order valence-corrected chi connectivity index (χ1v) is 7.34. The maximum absolute atomic E-state index is 12.3. The quantitative estimate of drug-likeness (QED) is 0.928. The van der Waals surface area contributed by atoms with E-state index in [0.717, 1.165) is 18.4 Å². The summed E-state index contributed by atoms with van der Waals surface area (Å²) in [6.45, 7) is 3.12. The van der Waals surface area contributed by atoms with Gasteiger partial charge in [-0.1, -0.05) is 37.1 Å². The second-order valence-corrected chi connectivity index (χ2v) is 5.37. The van der Waals surface area contributed by atoms with Crippen LogP contribution in [0.5, 0.6) is 0 Å². The third kappa shape index (κ3) is 3.31. The van der Waals surface area contributed by atoms with E-state index < -0.39 is 6.04 Å². The maximum atomic E-state index is 12.3. The van der Waals surface area contributed by atoms with E-state index in [2.05, 4.69) is 5.32 Å². The number of piperazine rings is 1. The molecule has 1 aromatic carbocycles.